The number of aliphatic carboxylic acids is 1. The molecule has 0 radical (unpaired) electrons. The van der Waals surface area contributed by atoms with Crippen molar-refractivity contribution in [3.8, 4) is 5.75 Å². The number of hydrogen-bond donors (Lipinski definition) is 2. The number of amides is 1. The highest BCUT2D eigenvalue weighted by Gasteiger charge is 2.41. The van der Waals surface area contributed by atoms with Crippen molar-refractivity contribution < 1.29 is 23.8 Å². The summed E-state index contributed by atoms with van der Waals surface area (Å²) in [6, 6.07) is 4.10. The Morgan fingerprint density at radius 2 is 1.76 bits per heavy atom. The smallest absolute Gasteiger partial charge is 0.339 e. The van der Waals surface area contributed by atoms with Crippen LogP contribution in [-0.4, -0.2) is 47.6 Å². The molecular weight excluding hydrogens is 424 g/mol. The maximum absolute atomic E-state index is 12.7. The molecule has 1 aromatic carbocycles. The summed E-state index contributed by atoms with van der Waals surface area (Å²) in [4.78, 5) is 36.0. The summed E-state index contributed by atoms with van der Waals surface area (Å²) in [5, 5.41) is 8.41. The molecule has 3 aliphatic rings. The van der Waals surface area contributed by atoms with Crippen LogP contribution in [0.5, 0.6) is 5.75 Å². The summed E-state index contributed by atoms with van der Waals surface area (Å²) in [5.74, 6) is 0.600. The molecule has 1 unspecified atom stereocenters. The van der Waals surface area contributed by atoms with E-state index >= 15 is 0 Å². The van der Waals surface area contributed by atoms with Crippen molar-refractivity contribution in [2.24, 2.45) is 17.6 Å². The van der Waals surface area contributed by atoms with Crippen molar-refractivity contribution in [3.63, 3.8) is 0 Å². The van der Waals surface area contributed by atoms with Crippen LogP contribution in [0.25, 0.3) is 11.0 Å². The Morgan fingerprint density at radius 1 is 1.15 bits per heavy atom. The lowest BCUT2D eigenvalue weighted by molar-refractivity contribution is -0.136. The number of ether oxygens (including phenoxy) is 1. The number of carbonyl (C=O) groups excluding carboxylic acids is 1. The number of piperidine rings is 1. The normalized spacial score (nSPS) is 23.5. The molecule has 3 N–H and O–H groups in total. The molecule has 1 aromatic heterocycles. The zero-order valence-corrected chi connectivity index (χ0v) is 19.3. The Hall–Kier alpha value is -2.87. The first-order valence-electron chi connectivity index (χ1n) is 11.7. The summed E-state index contributed by atoms with van der Waals surface area (Å²) in [5.41, 5.74) is 9.31. The van der Waals surface area contributed by atoms with E-state index in [0.717, 1.165) is 80.6 Å². The van der Waals surface area contributed by atoms with E-state index in [0.29, 0.717) is 23.2 Å². The van der Waals surface area contributed by atoms with Crippen molar-refractivity contribution >= 4 is 22.8 Å². The minimum Gasteiger partial charge on any atom is -0.483 e. The van der Waals surface area contributed by atoms with Crippen LogP contribution in [0.4, 0.5) is 0 Å². The maximum Gasteiger partial charge on any atom is 0.339 e. The molecule has 2 aromatic rings. The predicted octanol–water partition coefficient (Wildman–Crippen LogP) is 2.65. The topological polar surface area (TPSA) is 123 Å². The number of rotatable bonds is 3. The van der Waals surface area contributed by atoms with E-state index in [9.17, 15) is 9.59 Å². The van der Waals surface area contributed by atoms with Crippen LogP contribution < -0.4 is 16.1 Å². The lowest BCUT2D eigenvalue weighted by atomic mass is 9.90. The molecular formula is C25H32N2O6. The van der Waals surface area contributed by atoms with Crippen molar-refractivity contribution in [1.82, 2.24) is 4.90 Å². The molecule has 8 heteroatoms. The third kappa shape index (κ3) is 4.76. The van der Waals surface area contributed by atoms with Crippen molar-refractivity contribution in [2.45, 2.75) is 58.4 Å². The van der Waals surface area contributed by atoms with Gasteiger partial charge in [0.1, 0.15) is 11.3 Å². The van der Waals surface area contributed by atoms with Gasteiger partial charge in [-0.05, 0) is 75.0 Å². The molecule has 2 fully saturated rings. The monoisotopic (exact) mass is 456 g/mol. The van der Waals surface area contributed by atoms with Gasteiger partial charge in [0.15, 0.2) is 6.61 Å². The summed E-state index contributed by atoms with van der Waals surface area (Å²) in [7, 11) is 0. The average Bonchev–Trinajstić information content (AvgIpc) is 2.98. The van der Waals surface area contributed by atoms with Gasteiger partial charge < -0.3 is 24.9 Å². The fraction of sp³-hybridized carbons (Fsp3) is 0.560. The van der Waals surface area contributed by atoms with E-state index in [1.807, 2.05) is 24.0 Å². The lowest BCUT2D eigenvalue weighted by Crippen LogP contribution is -2.51. The summed E-state index contributed by atoms with van der Waals surface area (Å²) < 4.78 is 11.5. The van der Waals surface area contributed by atoms with E-state index in [1.54, 1.807) is 0 Å². The zero-order valence-electron chi connectivity index (χ0n) is 19.3. The number of nitrogens with zero attached hydrogens (tertiary/aromatic N) is 1. The van der Waals surface area contributed by atoms with Crippen LogP contribution in [0.3, 0.4) is 0 Å². The van der Waals surface area contributed by atoms with Crippen molar-refractivity contribution in [3.05, 3.63) is 39.2 Å². The Bertz CT molecular complexity index is 1110. The molecule has 3 atom stereocenters. The predicted molar refractivity (Wildman–Crippen MR) is 123 cm³/mol. The standard InChI is InChI=1S/C23H28N2O4.C2H4O2/c1-13-19(28-12-20(26)25-10-14-6-7-15(11-25)21(14)24)9-8-17-16-4-2-3-5-18(16)23(27)29-22(13)17;1-2(3)4/h8-9,14-15,21H,2-7,10-12,24H2,1H3;1H3,(H,3,4)/t14-,15+,21?;. The third-order valence-corrected chi connectivity index (χ3v) is 7.20. The van der Waals surface area contributed by atoms with Crippen LogP contribution in [0, 0.1) is 18.8 Å². The second-order valence-electron chi connectivity index (χ2n) is 9.40. The fourth-order valence-electron chi connectivity index (χ4n) is 5.48. The van der Waals surface area contributed by atoms with Gasteiger partial charge in [-0.3, -0.25) is 9.59 Å². The molecule has 1 aliphatic heterocycles. The Balaban J connectivity index is 0.000000601. The van der Waals surface area contributed by atoms with Gasteiger partial charge in [-0.2, -0.15) is 0 Å². The largest absolute Gasteiger partial charge is 0.483 e. The first kappa shape index (κ1) is 23.3. The molecule has 8 nitrogen and oxygen atoms in total. The average molecular weight is 457 g/mol. The third-order valence-electron chi connectivity index (χ3n) is 7.20. The highest BCUT2D eigenvalue weighted by Crippen LogP contribution is 2.36. The van der Waals surface area contributed by atoms with E-state index in [4.69, 9.17) is 24.8 Å². The first-order valence-corrected chi connectivity index (χ1v) is 11.7. The summed E-state index contributed by atoms with van der Waals surface area (Å²) >= 11 is 0. The SMILES string of the molecule is CC(=O)O.Cc1c(OCC(=O)N2C[C@H]3CC[C@@H](C2)C3N)ccc2c3c(c(=O)oc12)CCCC3. The summed E-state index contributed by atoms with van der Waals surface area (Å²) in [6.07, 6.45) is 6.07. The second kappa shape index (κ2) is 9.55. The molecule has 33 heavy (non-hydrogen) atoms. The van der Waals surface area contributed by atoms with Gasteiger partial charge in [0.05, 0.1) is 0 Å². The Kier molecular flexibility index (Phi) is 6.74. The zero-order chi connectivity index (χ0) is 23.7. The number of carboxylic acids is 1. The Morgan fingerprint density at radius 3 is 2.39 bits per heavy atom. The quantitative estimate of drug-likeness (QED) is 0.681. The van der Waals surface area contributed by atoms with Crippen LogP contribution in [0.1, 0.15) is 49.3 Å². The molecule has 2 bridgehead atoms. The van der Waals surface area contributed by atoms with Crippen molar-refractivity contribution in [1.29, 1.82) is 0 Å². The number of fused-ring (bicyclic) bond motifs is 5. The maximum atomic E-state index is 12.7. The molecule has 1 saturated carbocycles. The van der Waals surface area contributed by atoms with Gasteiger partial charge in [0, 0.05) is 42.6 Å². The number of carbonyl (C=O) groups is 2. The van der Waals surface area contributed by atoms with Gasteiger partial charge in [0.25, 0.3) is 11.9 Å². The number of carboxylic acid groups (broad SMARTS) is 1. The van der Waals surface area contributed by atoms with E-state index in [1.165, 1.54) is 0 Å². The molecule has 178 valence electrons. The molecule has 2 heterocycles. The van der Waals surface area contributed by atoms with Crippen LogP contribution >= 0.6 is 0 Å². The first-order chi connectivity index (χ1) is 15.8. The van der Waals surface area contributed by atoms with Crippen LogP contribution in [-0.2, 0) is 22.4 Å². The Labute approximate surface area is 192 Å². The van der Waals surface area contributed by atoms with Gasteiger partial charge in [-0.15, -0.1) is 0 Å². The molecule has 1 amide bonds. The van der Waals surface area contributed by atoms with Gasteiger partial charge in [0.2, 0.25) is 0 Å². The number of aryl methyl sites for hydroxylation is 2. The number of benzene rings is 1. The molecule has 5 rings (SSSR count). The molecule has 2 aliphatic carbocycles. The molecule has 0 spiro atoms. The number of nitrogens with two attached hydrogens (primary N) is 1. The van der Waals surface area contributed by atoms with Gasteiger partial charge >= 0.3 is 5.63 Å². The highest BCUT2D eigenvalue weighted by molar-refractivity contribution is 5.86. The minimum absolute atomic E-state index is 0.000176. The summed E-state index contributed by atoms with van der Waals surface area (Å²) in [6.45, 7) is 4.44. The number of likely N-dealkylation sites (tertiary alicyclic amines) is 1. The lowest BCUT2D eigenvalue weighted by Gasteiger charge is -2.36. The van der Waals surface area contributed by atoms with Crippen LogP contribution in [0.15, 0.2) is 21.3 Å². The second-order valence-corrected chi connectivity index (χ2v) is 9.40. The molecule has 1 saturated heterocycles. The van der Waals surface area contributed by atoms with Crippen molar-refractivity contribution in [2.75, 3.05) is 19.7 Å². The fourth-order valence-corrected chi connectivity index (χ4v) is 5.48. The van der Waals surface area contributed by atoms with Gasteiger partial charge in [-0.1, -0.05) is 0 Å². The van der Waals surface area contributed by atoms with E-state index in [-0.39, 0.29) is 24.2 Å². The minimum atomic E-state index is -0.833. The van der Waals surface area contributed by atoms with Crippen LogP contribution in [0.2, 0.25) is 0 Å². The van der Waals surface area contributed by atoms with E-state index in [2.05, 4.69) is 0 Å². The van der Waals surface area contributed by atoms with E-state index < -0.39 is 5.97 Å². The highest BCUT2D eigenvalue weighted by atomic mass is 16.5. The number of hydrogen-bond acceptors (Lipinski definition) is 6. The van der Waals surface area contributed by atoms with Gasteiger partial charge in [-0.25, -0.2) is 4.79 Å².